The molecule has 1 fully saturated rings. The van der Waals surface area contributed by atoms with Gasteiger partial charge in [-0.25, -0.2) is 22.7 Å². The van der Waals surface area contributed by atoms with Crippen molar-refractivity contribution < 1.29 is 17.9 Å². The van der Waals surface area contributed by atoms with Crippen LogP contribution in [0.2, 0.25) is 5.15 Å². The van der Waals surface area contributed by atoms with E-state index in [-0.39, 0.29) is 12.1 Å². The number of benzene rings is 1. The molecule has 1 heterocycles. The SMILES string of the molecule is COc1cc2ncnc(Cl)c2cc1OC1CCC(N(C)S(C)(=O)=O)CC1. The van der Waals surface area contributed by atoms with Crippen LogP contribution in [0.5, 0.6) is 11.5 Å². The Morgan fingerprint density at radius 2 is 1.85 bits per heavy atom. The fourth-order valence-electron chi connectivity index (χ4n) is 3.26. The van der Waals surface area contributed by atoms with E-state index >= 15 is 0 Å². The van der Waals surface area contributed by atoms with E-state index in [0.717, 1.165) is 25.7 Å². The Hall–Kier alpha value is -1.64. The van der Waals surface area contributed by atoms with Crippen LogP contribution in [-0.4, -0.2) is 55.3 Å². The topological polar surface area (TPSA) is 81.6 Å². The van der Waals surface area contributed by atoms with Gasteiger partial charge in [0.25, 0.3) is 0 Å². The minimum absolute atomic E-state index is 0.00559. The molecule has 0 saturated heterocycles. The summed E-state index contributed by atoms with van der Waals surface area (Å²) in [4.78, 5) is 8.20. The smallest absolute Gasteiger partial charge is 0.211 e. The number of methoxy groups -OCH3 is 1. The van der Waals surface area contributed by atoms with E-state index in [9.17, 15) is 8.42 Å². The van der Waals surface area contributed by atoms with Crippen LogP contribution in [0, 0.1) is 0 Å². The summed E-state index contributed by atoms with van der Waals surface area (Å²) in [6.07, 6.45) is 5.69. The van der Waals surface area contributed by atoms with E-state index in [2.05, 4.69) is 9.97 Å². The number of hydrogen-bond donors (Lipinski definition) is 0. The molecule has 0 spiro atoms. The lowest BCUT2D eigenvalue weighted by Crippen LogP contribution is -2.40. The van der Waals surface area contributed by atoms with Gasteiger partial charge in [-0.1, -0.05) is 11.6 Å². The molecule has 0 amide bonds. The van der Waals surface area contributed by atoms with Gasteiger partial charge < -0.3 is 9.47 Å². The van der Waals surface area contributed by atoms with Crippen molar-refractivity contribution in [2.24, 2.45) is 0 Å². The highest BCUT2D eigenvalue weighted by molar-refractivity contribution is 7.88. The van der Waals surface area contributed by atoms with Crippen LogP contribution in [0.4, 0.5) is 0 Å². The number of halogens is 1. The van der Waals surface area contributed by atoms with Crippen molar-refractivity contribution in [2.75, 3.05) is 20.4 Å². The highest BCUT2D eigenvalue weighted by Crippen LogP contribution is 2.36. The standard InChI is InChI=1S/C17H22ClN3O4S/c1-21(26(3,22)23)11-4-6-12(7-5-11)25-16-8-13-14(9-15(16)24-2)19-10-20-17(13)18/h8-12H,4-7H2,1-3H3. The fraction of sp³-hybridized carbons (Fsp3) is 0.529. The molecule has 2 aromatic rings. The molecule has 26 heavy (non-hydrogen) atoms. The average Bonchev–Trinajstić information content (AvgIpc) is 2.61. The molecule has 0 atom stereocenters. The number of rotatable bonds is 5. The summed E-state index contributed by atoms with van der Waals surface area (Å²) in [7, 11) is 0.0380. The number of nitrogens with zero attached hydrogens (tertiary/aromatic N) is 3. The fourth-order valence-corrected chi connectivity index (χ4v) is 4.21. The van der Waals surface area contributed by atoms with Crippen molar-refractivity contribution in [3.63, 3.8) is 0 Å². The third kappa shape index (κ3) is 4.02. The van der Waals surface area contributed by atoms with Crippen LogP contribution in [-0.2, 0) is 10.0 Å². The number of ether oxygens (including phenoxy) is 2. The first kappa shape index (κ1) is 19.1. The van der Waals surface area contributed by atoms with Gasteiger partial charge in [-0.3, -0.25) is 0 Å². The summed E-state index contributed by atoms with van der Waals surface area (Å²) < 4.78 is 36.4. The number of hydrogen-bond acceptors (Lipinski definition) is 6. The van der Waals surface area contributed by atoms with E-state index in [1.165, 1.54) is 16.9 Å². The van der Waals surface area contributed by atoms with Gasteiger partial charge in [0, 0.05) is 24.5 Å². The van der Waals surface area contributed by atoms with Crippen LogP contribution in [0.1, 0.15) is 25.7 Å². The van der Waals surface area contributed by atoms with Gasteiger partial charge in [-0.2, -0.15) is 0 Å². The lowest BCUT2D eigenvalue weighted by Gasteiger charge is -2.33. The van der Waals surface area contributed by atoms with E-state index in [1.54, 1.807) is 26.3 Å². The summed E-state index contributed by atoms with van der Waals surface area (Å²) in [6.45, 7) is 0. The van der Waals surface area contributed by atoms with Crippen LogP contribution in [0.3, 0.4) is 0 Å². The zero-order valence-electron chi connectivity index (χ0n) is 15.0. The van der Waals surface area contributed by atoms with Crippen molar-refractivity contribution in [3.8, 4) is 11.5 Å². The Labute approximate surface area is 158 Å². The Morgan fingerprint density at radius 3 is 2.46 bits per heavy atom. The molecule has 1 aliphatic rings. The molecule has 1 saturated carbocycles. The Kier molecular flexibility index (Phi) is 5.55. The quantitative estimate of drug-likeness (QED) is 0.719. The van der Waals surface area contributed by atoms with E-state index in [1.807, 2.05) is 0 Å². The van der Waals surface area contributed by atoms with E-state index < -0.39 is 10.0 Å². The Morgan fingerprint density at radius 1 is 1.15 bits per heavy atom. The highest BCUT2D eigenvalue weighted by atomic mass is 35.5. The molecule has 1 aliphatic carbocycles. The van der Waals surface area contributed by atoms with Crippen LogP contribution in [0.25, 0.3) is 10.9 Å². The zero-order valence-corrected chi connectivity index (χ0v) is 16.5. The number of fused-ring (bicyclic) bond motifs is 1. The van der Waals surface area contributed by atoms with Crippen LogP contribution < -0.4 is 9.47 Å². The maximum Gasteiger partial charge on any atom is 0.211 e. The Bertz CT molecular complexity index is 898. The summed E-state index contributed by atoms with van der Waals surface area (Å²) >= 11 is 6.15. The third-order valence-electron chi connectivity index (χ3n) is 4.85. The molecular formula is C17H22ClN3O4S. The number of sulfonamides is 1. The lowest BCUT2D eigenvalue weighted by molar-refractivity contribution is 0.122. The zero-order chi connectivity index (χ0) is 18.9. The minimum Gasteiger partial charge on any atom is -0.493 e. The normalized spacial score (nSPS) is 21.1. The molecule has 0 N–H and O–H groups in total. The maximum absolute atomic E-state index is 11.7. The first-order chi connectivity index (χ1) is 12.3. The monoisotopic (exact) mass is 399 g/mol. The second kappa shape index (κ2) is 7.54. The molecule has 7 nitrogen and oxygen atoms in total. The van der Waals surface area contributed by atoms with Gasteiger partial charge in [-0.05, 0) is 31.7 Å². The minimum atomic E-state index is -3.17. The highest BCUT2D eigenvalue weighted by Gasteiger charge is 2.29. The summed E-state index contributed by atoms with van der Waals surface area (Å²) in [5.74, 6) is 1.18. The average molecular weight is 400 g/mol. The van der Waals surface area contributed by atoms with Crippen LogP contribution in [0.15, 0.2) is 18.5 Å². The molecule has 9 heteroatoms. The van der Waals surface area contributed by atoms with Crippen molar-refractivity contribution in [3.05, 3.63) is 23.6 Å². The van der Waals surface area contributed by atoms with Gasteiger partial charge >= 0.3 is 0 Å². The molecule has 0 bridgehead atoms. The van der Waals surface area contributed by atoms with Crippen molar-refractivity contribution >= 4 is 32.5 Å². The van der Waals surface area contributed by atoms with Crippen molar-refractivity contribution in [1.29, 1.82) is 0 Å². The second-order valence-electron chi connectivity index (χ2n) is 6.51. The largest absolute Gasteiger partial charge is 0.493 e. The molecule has 0 radical (unpaired) electrons. The molecule has 1 aromatic heterocycles. The summed E-state index contributed by atoms with van der Waals surface area (Å²) in [5.41, 5.74) is 0.688. The predicted octanol–water partition coefficient (Wildman–Crippen LogP) is 2.87. The van der Waals surface area contributed by atoms with Gasteiger partial charge in [-0.15, -0.1) is 0 Å². The second-order valence-corrected chi connectivity index (χ2v) is 8.91. The molecule has 0 aliphatic heterocycles. The molecule has 142 valence electrons. The van der Waals surface area contributed by atoms with Crippen LogP contribution >= 0.6 is 11.6 Å². The molecule has 0 unspecified atom stereocenters. The number of aromatic nitrogens is 2. The third-order valence-corrected chi connectivity index (χ3v) is 6.49. The predicted molar refractivity (Wildman–Crippen MR) is 100 cm³/mol. The van der Waals surface area contributed by atoms with E-state index in [4.69, 9.17) is 21.1 Å². The van der Waals surface area contributed by atoms with Crippen molar-refractivity contribution in [1.82, 2.24) is 14.3 Å². The lowest BCUT2D eigenvalue weighted by atomic mass is 9.93. The maximum atomic E-state index is 11.7. The summed E-state index contributed by atoms with van der Waals surface area (Å²) in [6, 6.07) is 3.60. The first-order valence-corrected chi connectivity index (χ1v) is 10.6. The van der Waals surface area contributed by atoms with Crippen molar-refractivity contribution in [2.45, 2.75) is 37.8 Å². The Balaban J connectivity index is 1.75. The van der Waals surface area contributed by atoms with Gasteiger partial charge in [0.15, 0.2) is 11.5 Å². The summed E-state index contributed by atoms with van der Waals surface area (Å²) in [5, 5.41) is 1.07. The van der Waals surface area contributed by atoms with Gasteiger partial charge in [0.2, 0.25) is 10.0 Å². The van der Waals surface area contributed by atoms with Gasteiger partial charge in [0.05, 0.1) is 25.0 Å². The molecule has 3 rings (SSSR count). The van der Waals surface area contributed by atoms with Gasteiger partial charge in [0.1, 0.15) is 11.5 Å². The van der Waals surface area contributed by atoms with E-state index in [0.29, 0.717) is 27.6 Å². The first-order valence-electron chi connectivity index (χ1n) is 8.37. The molecular weight excluding hydrogens is 378 g/mol. The molecule has 1 aromatic carbocycles.